The molecule has 1 amide bonds. The zero-order chi connectivity index (χ0) is 24.7. The van der Waals surface area contributed by atoms with Gasteiger partial charge in [-0.05, 0) is 62.2 Å². The van der Waals surface area contributed by atoms with Gasteiger partial charge in [-0.25, -0.2) is 4.98 Å². The van der Waals surface area contributed by atoms with Crippen LogP contribution in [-0.4, -0.2) is 58.4 Å². The maximum atomic E-state index is 13.5. The lowest BCUT2D eigenvalue weighted by Crippen LogP contribution is -2.48. The average Bonchev–Trinajstić information content (AvgIpc) is 3.27. The van der Waals surface area contributed by atoms with Gasteiger partial charge in [-0.1, -0.05) is 12.1 Å². The summed E-state index contributed by atoms with van der Waals surface area (Å²) in [6.07, 6.45) is 1.74. The van der Waals surface area contributed by atoms with Crippen molar-refractivity contribution in [2.45, 2.75) is 33.0 Å². The van der Waals surface area contributed by atoms with Crippen LogP contribution in [0.1, 0.15) is 29.8 Å². The summed E-state index contributed by atoms with van der Waals surface area (Å²) >= 11 is 0. The van der Waals surface area contributed by atoms with E-state index in [1.165, 1.54) is 0 Å². The Morgan fingerprint density at radius 1 is 1.14 bits per heavy atom. The van der Waals surface area contributed by atoms with E-state index in [1.54, 1.807) is 13.3 Å². The number of H-pyrrole nitrogens is 1. The molecule has 0 bridgehead atoms. The molecule has 5 rings (SSSR count). The first kappa shape index (κ1) is 22.9. The average molecular weight is 472 g/mol. The van der Waals surface area contributed by atoms with E-state index < -0.39 is 0 Å². The molecule has 1 aliphatic rings. The predicted octanol–water partition coefficient (Wildman–Crippen LogP) is 4.44. The Kier molecular flexibility index (Phi) is 5.90. The highest BCUT2D eigenvalue weighted by Crippen LogP contribution is 2.35. The minimum absolute atomic E-state index is 0.0192. The Morgan fingerprint density at radius 2 is 1.89 bits per heavy atom. The van der Waals surface area contributed by atoms with Crippen LogP contribution in [0.3, 0.4) is 0 Å². The highest BCUT2D eigenvalue weighted by molar-refractivity contribution is 6.02. The summed E-state index contributed by atoms with van der Waals surface area (Å²) in [6.45, 7) is 6.95. The molecule has 1 fully saturated rings. The number of nitrogen functional groups attached to an aromatic ring is 1. The summed E-state index contributed by atoms with van der Waals surface area (Å²) < 4.78 is 11.3. The molecule has 8 heteroatoms. The van der Waals surface area contributed by atoms with Gasteiger partial charge in [0.2, 0.25) is 0 Å². The number of benzene rings is 2. The van der Waals surface area contributed by atoms with Gasteiger partial charge >= 0.3 is 0 Å². The third kappa shape index (κ3) is 4.21. The van der Waals surface area contributed by atoms with Crippen molar-refractivity contribution in [2.24, 2.45) is 0 Å². The molecule has 0 saturated carbocycles. The van der Waals surface area contributed by atoms with Crippen LogP contribution in [0.15, 0.2) is 48.7 Å². The first-order valence-electron chi connectivity index (χ1n) is 11.7. The number of hydrogen-bond acceptors (Lipinski definition) is 6. The molecule has 0 radical (unpaired) electrons. The van der Waals surface area contributed by atoms with Gasteiger partial charge in [0, 0.05) is 41.5 Å². The van der Waals surface area contributed by atoms with Crippen molar-refractivity contribution in [1.29, 1.82) is 0 Å². The first-order chi connectivity index (χ1) is 16.9. The number of para-hydroxylation sites is 1. The van der Waals surface area contributed by atoms with Gasteiger partial charge in [0.1, 0.15) is 11.4 Å². The third-order valence-electron chi connectivity index (χ3n) is 6.44. The zero-order valence-corrected chi connectivity index (χ0v) is 20.3. The first-order valence-corrected chi connectivity index (χ1v) is 11.7. The number of anilines is 1. The molecule has 35 heavy (non-hydrogen) atoms. The van der Waals surface area contributed by atoms with E-state index in [-0.39, 0.29) is 18.1 Å². The molecule has 0 unspecified atom stereocenters. The zero-order valence-electron chi connectivity index (χ0n) is 20.3. The van der Waals surface area contributed by atoms with Crippen molar-refractivity contribution in [3.63, 3.8) is 0 Å². The van der Waals surface area contributed by atoms with Gasteiger partial charge in [-0.2, -0.15) is 5.10 Å². The summed E-state index contributed by atoms with van der Waals surface area (Å²) in [5.74, 6) is 0.651. The lowest BCUT2D eigenvalue weighted by atomic mass is 9.97. The smallest absolute Gasteiger partial charge is 0.256 e. The number of methoxy groups -OCH3 is 1. The van der Waals surface area contributed by atoms with Crippen LogP contribution in [0.5, 0.6) is 5.75 Å². The van der Waals surface area contributed by atoms with Gasteiger partial charge in [0.25, 0.3) is 5.91 Å². The number of morpholine rings is 1. The van der Waals surface area contributed by atoms with Crippen LogP contribution in [-0.2, 0) is 4.74 Å². The molecule has 1 aliphatic heterocycles. The lowest BCUT2D eigenvalue weighted by molar-refractivity contribution is -0.0585. The van der Waals surface area contributed by atoms with E-state index in [1.807, 2.05) is 68.1 Å². The molecule has 4 aromatic rings. The van der Waals surface area contributed by atoms with Crippen LogP contribution in [0.2, 0.25) is 0 Å². The van der Waals surface area contributed by atoms with Gasteiger partial charge < -0.3 is 20.1 Å². The number of rotatable bonds is 4. The van der Waals surface area contributed by atoms with Crippen molar-refractivity contribution in [3.05, 3.63) is 59.8 Å². The molecule has 3 heterocycles. The van der Waals surface area contributed by atoms with Crippen LogP contribution in [0, 0.1) is 6.92 Å². The largest absolute Gasteiger partial charge is 0.496 e. The fourth-order valence-corrected chi connectivity index (χ4v) is 4.76. The Morgan fingerprint density at radius 3 is 2.63 bits per heavy atom. The molecule has 8 nitrogen and oxygen atoms in total. The quantitative estimate of drug-likeness (QED) is 0.426. The Bertz CT molecular complexity index is 1400. The number of aromatic amines is 1. The third-order valence-corrected chi connectivity index (χ3v) is 6.44. The molecule has 2 aromatic carbocycles. The highest BCUT2D eigenvalue weighted by Gasteiger charge is 2.28. The number of pyridine rings is 1. The summed E-state index contributed by atoms with van der Waals surface area (Å²) in [4.78, 5) is 19.9. The summed E-state index contributed by atoms with van der Waals surface area (Å²) in [5, 5.41) is 8.38. The monoisotopic (exact) mass is 471 g/mol. The van der Waals surface area contributed by atoms with E-state index in [0.29, 0.717) is 30.0 Å². The van der Waals surface area contributed by atoms with E-state index in [4.69, 9.17) is 15.2 Å². The van der Waals surface area contributed by atoms with Gasteiger partial charge in [0.15, 0.2) is 5.65 Å². The van der Waals surface area contributed by atoms with Crippen LogP contribution in [0.25, 0.3) is 33.4 Å². The maximum Gasteiger partial charge on any atom is 0.256 e. The van der Waals surface area contributed by atoms with E-state index >= 15 is 0 Å². The minimum atomic E-state index is -0.0819. The molecule has 3 N–H and O–H groups in total. The van der Waals surface area contributed by atoms with Gasteiger partial charge in [-0.3, -0.25) is 9.89 Å². The molecule has 0 aliphatic carbocycles. The fraction of sp³-hybridized carbons (Fsp3) is 0.296. The number of nitrogens with one attached hydrogen (secondary N) is 1. The number of hydrogen-bond donors (Lipinski definition) is 2. The Hall–Kier alpha value is -3.91. The second-order valence-corrected chi connectivity index (χ2v) is 9.11. The predicted molar refractivity (Wildman–Crippen MR) is 136 cm³/mol. The number of amides is 1. The van der Waals surface area contributed by atoms with E-state index in [9.17, 15) is 4.79 Å². The molecular weight excluding hydrogens is 442 g/mol. The maximum absolute atomic E-state index is 13.5. The highest BCUT2D eigenvalue weighted by atomic mass is 16.5. The topological polar surface area (TPSA) is 106 Å². The second kappa shape index (κ2) is 9.03. The van der Waals surface area contributed by atoms with Crippen LogP contribution in [0.4, 0.5) is 5.69 Å². The molecule has 2 atom stereocenters. The molecule has 0 spiro atoms. The summed E-state index contributed by atoms with van der Waals surface area (Å²) in [5.41, 5.74) is 12.3. The summed E-state index contributed by atoms with van der Waals surface area (Å²) in [6, 6.07) is 13.6. The SMILES string of the molecule is COc1ccccc1-c1n[nH]c2ncc(-c3cc(C)c(N)c(C(=O)N4C[C@@H](C)O[C@@H](C)C4)c3)cc12. The Labute approximate surface area is 204 Å². The van der Waals surface area contributed by atoms with Crippen molar-refractivity contribution in [2.75, 3.05) is 25.9 Å². The Balaban J connectivity index is 1.57. The number of carbonyl (C=O) groups is 1. The van der Waals surface area contributed by atoms with E-state index in [2.05, 4.69) is 15.2 Å². The van der Waals surface area contributed by atoms with E-state index in [0.717, 1.165) is 39.1 Å². The normalized spacial score (nSPS) is 18.1. The second-order valence-electron chi connectivity index (χ2n) is 9.11. The van der Waals surface area contributed by atoms with Crippen molar-refractivity contribution in [3.8, 4) is 28.1 Å². The minimum Gasteiger partial charge on any atom is -0.496 e. The number of nitrogens with zero attached hydrogens (tertiary/aromatic N) is 3. The molecular formula is C27H29N5O3. The van der Waals surface area contributed by atoms with Crippen molar-refractivity contribution < 1.29 is 14.3 Å². The molecule has 180 valence electrons. The van der Waals surface area contributed by atoms with Gasteiger partial charge in [-0.15, -0.1) is 0 Å². The van der Waals surface area contributed by atoms with Crippen LogP contribution >= 0.6 is 0 Å². The fourth-order valence-electron chi connectivity index (χ4n) is 4.76. The number of carbonyl (C=O) groups excluding carboxylic acids is 1. The molecule has 1 saturated heterocycles. The number of ether oxygens (including phenoxy) is 2. The standard InChI is InChI=1S/C27H29N5O3/c1-15-9-18(10-21(24(15)28)27(33)32-13-16(2)35-17(3)14-32)19-11-22-25(30-31-26(22)29-12-19)20-7-5-6-8-23(20)34-4/h5-12,16-17H,13-14,28H2,1-4H3,(H,29,30,31)/t16-,17+. The number of aromatic nitrogens is 3. The van der Waals surface area contributed by atoms with Gasteiger partial charge in [0.05, 0.1) is 24.9 Å². The lowest BCUT2D eigenvalue weighted by Gasteiger charge is -2.35. The number of fused-ring (bicyclic) bond motifs is 1. The summed E-state index contributed by atoms with van der Waals surface area (Å²) in [7, 11) is 1.64. The van der Waals surface area contributed by atoms with Crippen molar-refractivity contribution >= 4 is 22.6 Å². The van der Waals surface area contributed by atoms with Crippen LogP contribution < -0.4 is 10.5 Å². The number of aryl methyl sites for hydroxylation is 1. The number of nitrogens with two attached hydrogens (primary N) is 1. The molecule has 2 aromatic heterocycles. The van der Waals surface area contributed by atoms with Crippen molar-refractivity contribution in [1.82, 2.24) is 20.1 Å².